The molecule has 1 saturated heterocycles. The van der Waals surface area contributed by atoms with Crippen molar-refractivity contribution in [2.75, 3.05) is 27.4 Å². The fraction of sp³-hybridized carbons (Fsp3) is 0.400. The Labute approximate surface area is 153 Å². The Balaban J connectivity index is 1.85. The van der Waals surface area contributed by atoms with Gasteiger partial charge in [0, 0.05) is 31.7 Å². The summed E-state index contributed by atoms with van der Waals surface area (Å²) in [5.74, 6) is 1.26. The number of nitrogens with zero attached hydrogens (tertiary/aromatic N) is 1. The second-order valence-electron chi connectivity index (χ2n) is 6.25. The van der Waals surface area contributed by atoms with E-state index in [4.69, 9.17) is 14.2 Å². The lowest BCUT2D eigenvalue weighted by atomic mass is 9.87. The number of amides is 1. The van der Waals surface area contributed by atoms with E-state index >= 15 is 0 Å². The first-order valence-electron chi connectivity index (χ1n) is 8.73. The number of pyridine rings is 1. The van der Waals surface area contributed by atoms with Gasteiger partial charge in [-0.3, -0.25) is 9.78 Å². The van der Waals surface area contributed by atoms with Crippen molar-refractivity contribution >= 4 is 5.91 Å². The van der Waals surface area contributed by atoms with Crippen LogP contribution in [0, 0.1) is 5.92 Å². The van der Waals surface area contributed by atoms with Crippen LogP contribution >= 0.6 is 0 Å². The van der Waals surface area contributed by atoms with Gasteiger partial charge in [-0.25, -0.2) is 0 Å². The third-order valence-electron chi connectivity index (χ3n) is 4.72. The highest BCUT2D eigenvalue weighted by Gasteiger charge is 2.28. The molecular formula is C20H24N2O4. The van der Waals surface area contributed by atoms with Crippen LogP contribution in [0.25, 0.3) is 0 Å². The minimum atomic E-state index is -0.176. The van der Waals surface area contributed by atoms with Crippen LogP contribution in [0.1, 0.15) is 34.8 Å². The van der Waals surface area contributed by atoms with Gasteiger partial charge in [0.1, 0.15) is 11.5 Å². The Kier molecular flexibility index (Phi) is 6.07. The number of hydrogen-bond acceptors (Lipinski definition) is 5. The van der Waals surface area contributed by atoms with Crippen molar-refractivity contribution in [3.05, 3.63) is 53.9 Å². The van der Waals surface area contributed by atoms with Crippen LogP contribution in [-0.4, -0.2) is 38.3 Å². The number of carbonyl (C=O) groups excluding carboxylic acids is 1. The van der Waals surface area contributed by atoms with Gasteiger partial charge in [0.05, 0.1) is 25.8 Å². The fourth-order valence-corrected chi connectivity index (χ4v) is 3.29. The van der Waals surface area contributed by atoms with Crippen molar-refractivity contribution in [2.24, 2.45) is 5.92 Å². The number of carbonyl (C=O) groups is 1. The molecule has 1 aromatic heterocycles. The highest BCUT2D eigenvalue weighted by atomic mass is 16.5. The summed E-state index contributed by atoms with van der Waals surface area (Å²) in [6, 6.07) is 8.96. The number of aromatic nitrogens is 1. The van der Waals surface area contributed by atoms with Crippen molar-refractivity contribution in [3.63, 3.8) is 0 Å². The van der Waals surface area contributed by atoms with Gasteiger partial charge in [0.15, 0.2) is 0 Å². The second-order valence-corrected chi connectivity index (χ2v) is 6.25. The van der Waals surface area contributed by atoms with Gasteiger partial charge in [-0.15, -0.1) is 0 Å². The molecule has 1 unspecified atom stereocenters. The van der Waals surface area contributed by atoms with Crippen LogP contribution in [0.3, 0.4) is 0 Å². The van der Waals surface area contributed by atoms with E-state index in [1.807, 2.05) is 18.3 Å². The van der Waals surface area contributed by atoms with Crippen molar-refractivity contribution in [1.29, 1.82) is 0 Å². The summed E-state index contributed by atoms with van der Waals surface area (Å²) in [6.45, 7) is 1.42. The molecule has 0 spiro atoms. The second kappa shape index (κ2) is 8.67. The quantitative estimate of drug-likeness (QED) is 0.862. The number of ether oxygens (including phenoxy) is 3. The smallest absolute Gasteiger partial charge is 0.255 e. The molecule has 26 heavy (non-hydrogen) atoms. The third kappa shape index (κ3) is 4.14. The number of methoxy groups -OCH3 is 2. The van der Waals surface area contributed by atoms with Gasteiger partial charge in [0.25, 0.3) is 5.91 Å². The fourth-order valence-electron chi connectivity index (χ4n) is 3.29. The van der Waals surface area contributed by atoms with Crippen LogP contribution in [-0.2, 0) is 4.74 Å². The van der Waals surface area contributed by atoms with Crippen molar-refractivity contribution in [2.45, 2.75) is 18.9 Å². The molecule has 6 heteroatoms. The van der Waals surface area contributed by atoms with Gasteiger partial charge in [-0.05, 0) is 42.5 Å². The molecule has 1 aliphatic heterocycles. The summed E-state index contributed by atoms with van der Waals surface area (Å²) in [5.41, 5.74) is 1.48. The minimum Gasteiger partial charge on any atom is -0.497 e. The first-order chi connectivity index (χ1) is 12.7. The van der Waals surface area contributed by atoms with E-state index in [0.717, 1.165) is 18.4 Å². The monoisotopic (exact) mass is 356 g/mol. The van der Waals surface area contributed by atoms with Crippen LogP contribution in [0.15, 0.2) is 42.7 Å². The number of benzene rings is 1. The Morgan fingerprint density at radius 1 is 1.23 bits per heavy atom. The highest BCUT2D eigenvalue weighted by molar-refractivity contribution is 5.97. The molecule has 0 radical (unpaired) electrons. The summed E-state index contributed by atoms with van der Waals surface area (Å²) < 4.78 is 16.0. The summed E-state index contributed by atoms with van der Waals surface area (Å²) >= 11 is 0. The molecule has 0 saturated carbocycles. The molecule has 0 aliphatic carbocycles. The standard InChI is InChI=1S/C20H24N2O4/c1-24-16-5-6-17(18(12-16)25-2)20(23)22-19(14-7-10-26-11-8-14)15-4-3-9-21-13-15/h3-6,9,12-14,19H,7-8,10-11H2,1-2H3,(H,22,23). The van der Waals surface area contributed by atoms with Crippen molar-refractivity contribution in [3.8, 4) is 11.5 Å². The first kappa shape index (κ1) is 18.2. The largest absolute Gasteiger partial charge is 0.497 e. The van der Waals surface area contributed by atoms with E-state index < -0.39 is 0 Å². The summed E-state index contributed by atoms with van der Waals surface area (Å²) in [5, 5.41) is 3.18. The molecule has 1 aliphatic rings. The van der Waals surface area contributed by atoms with Crippen molar-refractivity contribution < 1.29 is 19.0 Å². The molecule has 0 bridgehead atoms. The lowest BCUT2D eigenvalue weighted by Gasteiger charge is -2.31. The van der Waals surface area contributed by atoms with Crippen LogP contribution < -0.4 is 14.8 Å². The molecule has 1 amide bonds. The molecule has 3 rings (SSSR count). The summed E-state index contributed by atoms with van der Waals surface area (Å²) in [6.07, 6.45) is 5.35. The maximum absolute atomic E-state index is 13.0. The normalized spacial score (nSPS) is 15.9. The van der Waals surface area contributed by atoms with Gasteiger partial charge in [-0.2, -0.15) is 0 Å². The molecule has 6 nitrogen and oxygen atoms in total. The predicted octanol–water partition coefficient (Wildman–Crippen LogP) is 3.00. The first-order valence-corrected chi connectivity index (χ1v) is 8.73. The van der Waals surface area contributed by atoms with E-state index in [2.05, 4.69) is 10.3 Å². The average Bonchev–Trinajstić information content (AvgIpc) is 2.72. The van der Waals surface area contributed by atoms with E-state index in [0.29, 0.717) is 36.2 Å². The number of nitrogens with one attached hydrogen (secondary N) is 1. The van der Waals surface area contributed by atoms with E-state index in [-0.39, 0.29) is 11.9 Å². The minimum absolute atomic E-state index is 0.119. The SMILES string of the molecule is COc1ccc(C(=O)NC(c2cccnc2)C2CCOCC2)c(OC)c1. The molecular weight excluding hydrogens is 332 g/mol. The number of hydrogen-bond donors (Lipinski definition) is 1. The van der Waals surface area contributed by atoms with Gasteiger partial charge in [-0.1, -0.05) is 6.07 Å². The molecule has 1 fully saturated rings. The average molecular weight is 356 g/mol. The van der Waals surface area contributed by atoms with Crippen LogP contribution in [0.4, 0.5) is 0 Å². The van der Waals surface area contributed by atoms with Gasteiger partial charge < -0.3 is 19.5 Å². The van der Waals surface area contributed by atoms with E-state index in [1.54, 1.807) is 38.6 Å². The zero-order valence-electron chi connectivity index (χ0n) is 15.1. The van der Waals surface area contributed by atoms with Crippen LogP contribution in [0.5, 0.6) is 11.5 Å². The lowest BCUT2D eigenvalue weighted by Crippen LogP contribution is -2.36. The van der Waals surface area contributed by atoms with Gasteiger partial charge >= 0.3 is 0 Å². The Morgan fingerprint density at radius 3 is 2.69 bits per heavy atom. The maximum atomic E-state index is 13.0. The Morgan fingerprint density at radius 2 is 2.04 bits per heavy atom. The summed E-state index contributed by atoms with van der Waals surface area (Å²) in [7, 11) is 3.13. The van der Waals surface area contributed by atoms with Crippen molar-refractivity contribution in [1.82, 2.24) is 10.3 Å². The molecule has 2 heterocycles. The van der Waals surface area contributed by atoms with E-state index in [9.17, 15) is 4.79 Å². The van der Waals surface area contributed by atoms with E-state index in [1.165, 1.54) is 0 Å². The van der Waals surface area contributed by atoms with Crippen LogP contribution in [0.2, 0.25) is 0 Å². The topological polar surface area (TPSA) is 69.7 Å². The third-order valence-corrected chi connectivity index (χ3v) is 4.72. The summed E-state index contributed by atoms with van der Waals surface area (Å²) in [4.78, 5) is 17.2. The Bertz CT molecular complexity index is 730. The predicted molar refractivity (Wildman–Crippen MR) is 97.5 cm³/mol. The molecule has 1 N–H and O–H groups in total. The molecule has 138 valence electrons. The number of rotatable bonds is 6. The molecule has 1 aromatic carbocycles. The lowest BCUT2D eigenvalue weighted by molar-refractivity contribution is 0.0513. The maximum Gasteiger partial charge on any atom is 0.255 e. The Hall–Kier alpha value is -2.60. The molecule has 2 aromatic rings. The zero-order chi connectivity index (χ0) is 18.4. The van der Waals surface area contributed by atoms with Gasteiger partial charge in [0.2, 0.25) is 0 Å². The highest BCUT2D eigenvalue weighted by Crippen LogP contribution is 2.31. The zero-order valence-corrected chi connectivity index (χ0v) is 15.1. The molecule has 1 atom stereocenters.